The first-order valence-corrected chi connectivity index (χ1v) is 7.24. The van der Waals surface area contributed by atoms with E-state index >= 15 is 0 Å². The summed E-state index contributed by atoms with van der Waals surface area (Å²) in [6.45, 7) is 8.22. The molecule has 0 aromatic heterocycles. The first-order valence-electron chi connectivity index (χ1n) is 7.24. The molecule has 1 atom stereocenters. The van der Waals surface area contributed by atoms with Crippen molar-refractivity contribution >= 4 is 5.91 Å². The van der Waals surface area contributed by atoms with Crippen LogP contribution in [0.4, 0.5) is 0 Å². The maximum absolute atomic E-state index is 12.1. The fraction of sp³-hybridized carbons (Fsp3) is 0.929. The van der Waals surface area contributed by atoms with Crippen molar-refractivity contribution in [2.45, 2.75) is 39.2 Å². The number of rotatable bonds is 5. The van der Waals surface area contributed by atoms with Crippen molar-refractivity contribution in [3.8, 4) is 0 Å². The Morgan fingerprint density at radius 3 is 2.72 bits per heavy atom. The molecule has 1 saturated carbocycles. The van der Waals surface area contributed by atoms with E-state index in [0.717, 1.165) is 32.6 Å². The van der Waals surface area contributed by atoms with Gasteiger partial charge in [0.05, 0.1) is 0 Å². The number of piperidine rings is 1. The second-order valence-electron chi connectivity index (χ2n) is 6.23. The summed E-state index contributed by atoms with van der Waals surface area (Å²) in [5.41, 5.74) is 0.360. The average Bonchev–Trinajstić information content (AvgIpc) is 3.03. The molecule has 2 rings (SSSR count). The van der Waals surface area contributed by atoms with E-state index in [1.54, 1.807) is 0 Å². The minimum absolute atomic E-state index is 0.286. The third kappa shape index (κ3) is 3.04. The molecule has 2 aliphatic rings. The van der Waals surface area contributed by atoms with Gasteiger partial charge in [0.15, 0.2) is 0 Å². The highest BCUT2D eigenvalue weighted by atomic mass is 16.2. The van der Waals surface area contributed by atoms with E-state index in [-0.39, 0.29) is 5.91 Å². The van der Waals surface area contributed by atoms with E-state index in [9.17, 15) is 4.79 Å². The van der Waals surface area contributed by atoms with Gasteiger partial charge in [0.25, 0.3) is 0 Å². The molecular formula is C14H27N3O. The van der Waals surface area contributed by atoms with E-state index < -0.39 is 0 Å². The highest BCUT2D eigenvalue weighted by Gasteiger charge is 2.57. The standard InChI is InChI=1S/C14H27N3O/c1-11(2)17(3)9-8-16-13(18)12-10-14(12)4-6-15-7-5-14/h11-12,15H,4-10H2,1-3H3,(H,16,18). The Morgan fingerprint density at radius 1 is 1.44 bits per heavy atom. The molecule has 1 saturated heterocycles. The van der Waals surface area contributed by atoms with Gasteiger partial charge in [-0.3, -0.25) is 4.79 Å². The van der Waals surface area contributed by atoms with Crippen molar-refractivity contribution in [3.05, 3.63) is 0 Å². The van der Waals surface area contributed by atoms with Gasteiger partial charge < -0.3 is 15.5 Å². The summed E-state index contributed by atoms with van der Waals surface area (Å²) in [7, 11) is 2.10. The Balaban J connectivity index is 1.67. The lowest BCUT2D eigenvalue weighted by atomic mass is 9.92. The number of hydrogen-bond donors (Lipinski definition) is 2. The number of nitrogens with one attached hydrogen (secondary N) is 2. The zero-order chi connectivity index (χ0) is 13.2. The lowest BCUT2D eigenvalue weighted by Crippen LogP contribution is -2.38. The fourth-order valence-electron chi connectivity index (χ4n) is 2.93. The number of likely N-dealkylation sites (N-methyl/N-ethyl adjacent to an activating group) is 1. The molecule has 0 radical (unpaired) electrons. The molecule has 4 heteroatoms. The normalized spacial score (nSPS) is 25.7. The van der Waals surface area contributed by atoms with Crippen molar-refractivity contribution in [3.63, 3.8) is 0 Å². The Bertz CT molecular complexity index is 297. The van der Waals surface area contributed by atoms with Crippen LogP contribution in [0, 0.1) is 11.3 Å². The van der Waals surface area contributed by atoms with Gasteiger partial charge >= 0.3 is 0 Å². The Morgan fingerprint density at radius 2 is 2.11 bits per heavy atom. The molecule has 0 aromatic carbocycles. The van der Waals surface area contributed by atoms with Crippen molar-refractivity contribution < 1.29 is 4.79 Å². The van der Waals surface area contributed by atoms with Crippen LogP contribution in [0.5, 0.6) is 0 Å². The summed E-state index contributed by atoms with van der Waals surface area (Å²) in [5.74, 6) is 0.581. The van der Waals surface area contributed by atoms with Crippen LogP contribution in [0.25, 0.3) is 0 Å². The van der Waals surface area contributed by atoms with Crippen LogP contribution in [0.1, 0.15) is 33.1 Å². The maximum atomic E-state index is 12.1. The quantitative estimate of drug-likeness (QED) is 0.763. The van der Waals surface area contributed by atoms with E-state index in [1.807, 2.05) is 0 Å². The first-order chi connectivity index (χ1) is 8.55. The third-order valence-corrected chi connectivity index (χ3v) is 4.75. The summed E-state index contributed by atoms with van der Waals surface area (Å²) in [6.07, 6.45) is 3.47. The first kappa shape index (κ1) is 13.8. The van der Waals surface area contributed by atoms with Gasteiger partial charge in [0.2, 0.25) is 5.91 Å². The molecule has 1 unspecified atom stereocenters. The number of nitrogens with zero attached hydrogens (tertiary/aromatic N) is 1. The SMILES string of the molecule is CC(C)N(C)CCNC(=O)C1CC12CCNCC2. The van der Waals surface area contributed by atoms with Crippen molar-refractivity contribution in [2.75, 3.05) is 33.2 Å². The van der Waals surface area contributed by atoms with Gasteiger partial charge in [0, 0.05) is 25.0 Å². The number of carbonyl (C=O) groups is 1. The van der Waals surface area contributed by atoms with Crippen molar-refractivity contribution in [1.29, 1.82) is 0 Å². The van der Waals surface area contributed by atoms with Gasteiger partial charge in [-0.1, -0.05) is 0 Å². The molecule has 1 amide bonds. The van der Waals surface area contributed by atoms with Gasteiger partial charge in [-0.05, 0) is 58.7 Å². The molecule has 4 nitrogen and oxygen atoms in total. The lowest BCUT2D eigenvalue weighted by molar-refractivity contribution is -0.123. The van der Waals surface area contributed by atoms with E-state index in [2.05, 4.69) is 36.4 Å². The molecule has 1 aliphatic carbocycles. The Labute approximate surface area is 110 Å². The topological polar surface area (TPSA) is 44.4 Å². The smallest absolute Gasteiger partial charge is 0.223 e. The summed E-state index contributed by atoms with van der Waals surface area (Å²) in [5, 5.41) is 6.47. The molecule has 1 spiro atoms. The minimum atomic E-state index is 0.286. The van der Waals surface area contributed by atoms with Crippen LogP contribution >= 0.6 is 0 Å². The summed E-state index contributed by atoms with van der Waals surface area (Å²) in [4.78, 5) is 14.3. The zero-order valence-electron chi connectivity index (χ0n) is 12.0. The highest BCUT2D eigenvalue weighted by Crippen LogP contribution is 2.58. The average molecular weight is 253 g/mol. The van der Waals surface area contributed by atoms with Crippen molar-refractivity contribution in [1.82, 2.24) is 15.5 Å². The number of carbonyl (C=O) groups excluding carboxylic acids is 1. The molecule has 104 valence electrons. The monoisotopic (exact) mass is 253 g/mol. The maximum Gasteiger partial charge on any atom is 0.223 e. The van der Waals surface area contributed by atoms with Gasteiger partial charge in [0.1, 0.15) is 0 Å². The second-order valence-corrected chi connectivity index (χ2v) is 6.23. The van der Waals surface area contributed by atoms with Crippen LogP contribution in [0.2, 0.25) is 0 Å². The molecule has 1 heterocycles. The summed E-state index contributed by atoms with van der Waals surface area (Å²) in [6, 6.07) is 0.540. The Hall–Kier alpha value is -0.610. The largest absolute Gasteiger partial charge is 0.355 e. The summed E-state index contributed by atoms with van der Waals surface area (Å²) < 4.78 is 0. The fourth-order valence-corrected chi connectivity index (χ4v) is 2.93. The van der Waals surface area contributed by atoms with Crippen LogP contribution in [0.15, 0.2) is 0 Å². The zero-order valence-corrected chi connectivity index (χ0v) is 12.0. The predicted molar refractivity (Wildman–Crippen MR) is 73.4 cm³/mol. The molecule has 0 aromatic rings. The van der Waals surface area contributed by atoms with Crippen LogP contribution in [0.3, 0.4) is 0 Å². The van der Waals surface area contributed by atoms with Crippen LogP contribution < -0.4 is 10.6 Å². The van der Waals surface area contributed by atoms with Gasteiger partial charge in [-0.2, -0.15) is 0 Å². The number of hydrogen-bond acceptors (Lipinski definition) is 3. The van der Waals surface area contributed by atoms with Gasteiger partial charge in [-0.15, -0.1) is 0 Å². The molecule has 1 aliphatic heterocycles. The Kier molecular flexibility index (Phi) is 4.28. The molecule has 2 N–H and O–H groups in total. The van der Waals surface area contributed by atoms with E-state index in [0.29, 0.717) is 17.4 Å². The lowest BCUT2D eigenvalue weighted by Gasteiger charge is -2.24. The third-order valence-electron chi connectivity index (χ3n) is 4.75. The predicted octanol–water partition coefficient (Wildman–Crippen LogP) is 0.833. The minimum Gasteiger partial charge on any atom is -0.355 e. The highest BCUT2D eigenvalue weighted by molar-refractivity contribution is 5.82. The van der Waals surface area contributed by atoms with Crippen LogP contribution in [-0.4, -0.2) is 50.1 Å². The summed E-state index contributed by atoms with van der Waals surface area (Å²) >= 11 is 0. The van der Waals surface area contributed by atoms with Gasteiger partial charge in [-0.25, -0.2) is 0 Å². The van der Waals surface area contributed by atoms with Crippen molar-refractivity contribution in [2.24, 2.45) is 11.3 Å². The molecular weight excluding hydrogens is 226 g/mol. The number of amides is 1. The molecule has 18 heavy (non-hydrogen) atoms. The molecule has 0 bridgehead atoms. The van der Waals surface area contributed by atoms with E-state index in [4.69, 9.17) is 0 Å². The second kappa shape index (κ2) is 5.57. The molecule has 2 fully saturated rings. The van der Waals surface area contributed by atoms with E-state index in [1.165, 1.54) is 12.8 Å². The van der Waals surface area contributed by atoms with Crippen LogP contribution in [-0.2, 0) is 4.79 Å².